The van der Waals surface area contributed by atoms with Crippen molar-refractivity contribution in [2.45, 2.75) is 27.3 Å². The van der Waals surface area contributed by atoms with E-state index in [1.165, 1.54) is 16.8 Å². The van der Waals surface area contributed by atoms with Crippen LogP contribution in [0.1, 0.15) is 22.3 Å². The van der Waals surface area contributed by atoms with Crippen LogP contribution in [0.3, 0.4) is 0 Å². The highest BCUT2D eigenvalue weighted by Crippen LogP contribution is 2.30. The molecule has 1 amide bonds. The van der Waals surface area contributed by atoms with Crippen LogP contribution in [0.25, 0.3) is 0 Å². The van der Waals surface area contributed by atoms with Crippen molar-refractivity contribution in [3.05, 3.63) is 52.6 Å². The van der Waals surface area contributed by atoms with Crippen LogP contribution in [-0.4, -0.2) is 69.7 Å². The number of hydrogen-bond acceptors (Lipinski definition) is 5. The summed E-state index contributed by atoms with van der Waals surface area (Å²) in [6, 6.07) is 10.4. The molecule has 0 spiro atoms. The maximum absolute atomic E-state index is 12.9. The molecule has 0 unspecified atom stereocenters. The predicted molar refractivity (Wildman–Crippen MR) is 125 cm³/mol. The van der Waals surface area contributed by atoms with Crippen molar-refractivity contribution in [1.82, 2.24) is 9.80 Å². The Labute approximate surface area is 186 Å². The number of methoxy groups -OCH3 is 2. The minimum atomic E-state index is 0.134. The summed E-state index contributed by atoms with van der Waals surface area (Å²) in [5.74, 6) is 1.53. The Hall–Kier alpha value is -2.73. The highest BCUT2D eigenvalue weighted by atomic mass is 16.5. The van der Waals surface area contributed by atoms with Crippen LogP contribution in [0.5, 0.6) is 11.5 Å². The monoisotopic (exact) mass is 425 g/mol. The normalized spacial score (nSPS) is 14.5. The summed E-state index contributed by atoms with van der Waals surface area (Å²) >= 11 is 0. The molecule has 0 radical (unpaired) electrons. The van der Waals surface area contributed by atoms with Gasteiger partial charge in [0, 0.05) is 45.5 Å². The van der Waals surface area contributed by atoms with Gasteiger partial charge in [0.05, 0.1) is 20.8 Å². The van der Waals surface area contributed by atoms with Gasteiger partial charge in [-0.1, -0.05) is 12.1 Å². The summed E-state index contributed by atoms with van der Waals surface area (Å²) in [5, 5.41) is 0. The first-order valence-electron chi connectivity index (χ1n) is 10.8. The summed E-state index contributed by atoms with van der Waals surface area (Å²) in [5.41, 5.74) is 6.12. The van der Waals surface area contributed by atoms with Crippen molar-refractivity contribution in [3.8, 4) is 11.5 Å². The van der Waals surface area contributed by atoms with Gasteiger partial charge in [-0.3, -0.25) is 9.69 Å². The van der Waals surface area contributed by atoms with Crippen LogP contribution >= 0.6 is 0 Å². The molecule has 0 aliphatic carbocycles. The minimum absolute atomic E-state index is 0.134. The van der Waals surface area contributed by atoms with Gasteiger partial charge < -0.3 is 19.3 Å². The third kappa shape index (κ3) is 5.31. The molecule has 1 aliphatic heterocycles. The van der Waals surface area contributed by atoms with Gasteiger partial charge in [-0.2, -0.15) is 0 Å². The quantitative estimate of drug-likeness (QED) is 0.680. The average Bonchev–Trinajstić information content (AvgIpc) is 2.77. The lowest BCUT2D eigenvalue weighted by Crippen LogP contribution is -2.49. The fraction of sp³-hybridized carbons (Fsp3) is 0.480. The van der Waals surface area contributed by atoms with Gasteiger partial charge in [-0.25, -0.2) is 0 Å². The molecule has 0 bridgehead atoms. The standard InChI is InChI=1S/C25H35N3O3/c1-18-8-7-9-22(20(18)3)28-12-10-27(11-13-28)17-25(29)26(4)16-21-15-24(31-6)23(30-5)14-19(21)2/h7-9,14-15H,10-13,16-17H2,1-6H3. The molecule has 2 aromatic carbocycles. The van der Waals surface area contributed by atoms with E-state index in [1.807, 2.05) is 26.1 Å². The topological polar surface area (TPSA) is 45.2 Å². The molecule has 31 heavy (non-hydrogen) atoms. The van der Waals surface area contributed by atoms with Crippen molar-refractivity contribution in [1.29, 1.82) is 0 Å². The Bertz CT molecular complexity index is 920. The SMILES string of the molecule is COc1cc(C)c(CN(C)C(=O)CN2CCN(c3cccc(C)c3C)CC2)cc1OC. The van der Waals surface area contributed by atoms with Crippen molar-refractivity contribution >= 4 is 11.6 Å². The first kappa shape index (κ1) is 22.9. The lowest BCUT2D eigenvalue weighted by Gasteiger charge is -2.37. The maximum atomic E-state index is 12.9. The zero-order valence-corrected chi connectivity index (χ0v) is 19.7. The number of likely N-dealkylation sites (N-methyl/N-ethyl adjacent to an activating group) is 1. The Morgan fingerprint density at radius 1 is 0.968 bits per heavy atom. The Kier molecular flexibility index (Phi) is 7.44. The van der Waals surface area contributed by atoms with E-state index in [9.17, 15) is 4.79 Å². The number of hydrogen-bond donors (Lipinski definition) is 0. The van der Waals surface area contributed by atoms with E-state index in [-0.39, 0.29) is 5.91 Å². The van der Waals surface area contributed by atoms with Crippen LogP contribution in [0, 0.1) is 20.8 Å². The van der Waals surface area contributed by atoms with E-state index in [0.29, 0.717) is 24.6 Å². The van der Waals surface area contributed by atoms with E-state index in [0.717, 1.165) is 37.3 Å². The van der Waals surface area contributed by atoms with Crippen LogP contribution in [0.2, 0.25) is 0 Å². The van der Waals surface area contributed by atoms with Crippen molar-refractivity contribution in [2.24, 2.45) is 0 Å². The second-order valence-electron chi connectivity index (χ2n) is 8.37. The molecule has 0 atom stereocenters. The number of ether oxygens (including phenoxy) is 2. The first-order chi connectivity index (χ1) is 14.8. The fourth-order valence-electron chi connectivity index (χ4n) is 4.07. The molecule has 1 aliphatic rings. The lowest BCUT2D eigenvalue weighted by molar-refractivity contribution is -0.131. The third-order valence-electron chi connectivity index (χ3n) is 6.32. The van der Waals surface area contributed by atoms with Gasteiger partial charge in [0.25, 0.3) is 0 Å². The number of benzene rings is 2. The first-order valence-corrected chi connectivity index (χ1v) is 10.8. The van der Waals surface area contributed by atoms with Gasteiger partial charge in [-0.05, 0) is 61.2 Å². The minimum Gasteiger partial charge on any atom is -0.493 e. The summed E-state index contributed by atoms with van der Waals surface area (Å²) in [7, 11) is 5.13. The number of piperazine rings is 1. The largest absolute Gasteiger partial charge is 0.493 e. The molecular weight excluding hydrogens is 390 g/mol. The number of carbonyl (C=O) groups is 1. The molecule has 2 aromatic rings. The maximum Gasteiger partial charge on any atom is 0.236 e. The van der Waals surface area contributed by atoms with Crippen LogP contribution in [0.15, 0.2) is 30.3 Å². The highest BCUT2D eigenvalue weighted by molar-refractivity contribution is 5.78. The molecule has 6 nitrogen and oxygen atoms in total. The van der Waals surface area contributed by atoms with Crippen molar-refractivity contribution in [2.75, 3.05) is 58.9 Å². The molecule has 0 saturated carbocycles. The molecule has 1 saturated heterocycles. The second-order valence-corrected chi connectivity index (χ2v) is 8.37. The number of rotatable bonds is 7. The number of aryl methyl sites for hydroxylation is 2. The van der Waals surface area contributed by atoms with Crippen LogP contribution in [-0.2, 0) is 11.3 Å². The average molecular weight is 426 g/mol. The predicted octanol–water partition coefficient (Wildman–Crippen LogP) is 3.41. The Morgan fingerprint density at radius 3 is 2.26 bits per heavy atom. The highest BCUT2D eigenvalue weighted by Gasteiger charge is 2.22. The zero-order valence-electron chi connectivity index (χ0n) is 19.7. The van der Waals surface area contributed by atoms with Gasteiger partial charge in [0.2, 0.25) is 5.91 Å². The second kappa shape index (κ2) is 10.1. The molecule has 6 heteroatoms. The molecule has 3 rings (SSSR count). The number of amides is 1. The van der Waals surface area contributed by atoms with Crippen LogP contribution in [0.4, 0.5) is 5.69 Å². The van der Waals surface area contributed by atoms with Gasteiger partial charge in [0.15, 0.2) is 11.5 Å². The summed E-state index contributed by atoms with van der Waals surface area (Å²) < 4.78 is 10.8. The van der Waals surface area contributed by atoms with E-state index >= 15 is 0 Å². The van der Waals surface area contributed by atoms with Gasteiger partial charge in [0.1, 0.15) is 0 Å². The summed E-state index contributed by atoms with van der Waals surface area (Å²) in [6.45, 7) is 11.0. The van der Waals surface area contributed by atoms with Gasteiger partial charge >= 0.3 is 0 Å². The van der Waals surface area contributed by atoms with E-state index in [4.69, 9.17) is 9.47 Å². The van der Waals surface area contributed by atoms with E-state index in [1.54, 1.807) is 19.1 Å². The summed E-state index contributed by atoms with van der Waals surface area (Å²) in [4.78, 5) is 19.3. The van der Waals surface area contributed by atoms with E-state index in [2.05, 4.69) is 41.8 Å². The Balaban J connectivity index is 1.56. The Morgan fingerprint density at radius 2 is 1.61 bits per heavy atom. The number of nitrogens with zero attached hydrogens (tertiary/aromatic N) is 3. The summed E-state index contributed by atoms with van der Waals surface area (Å²) in [6.07, 6.45) is 0. The molecule has 168 valence electrons. The lowest BCUT2D eigenvalue weighted by atomic mass is 10.1. The molecule has 0 N–H and O–H groups in total. The smallest absolute Gasteiger partial charge is 0.236 e. The fourth-order valence-corrected chi connectivity index (χ4v) is 4.07. The zero-order chi connectivity index (χ0) is 22.5. The molecule has 0 aromatic heterocycles. The molecular formula is C25H35N3O3. The van der Waals surface area contributed by atoms with Gasteiger partial charge in [-0.15, -0.1) is 0 Å². The van der Waals surface area contributed by atoms with Crippen molar-refractivity contribution in [3.63, 3.8) is 0 Å². The number of anilines is 1. The molecule has 1 fully saturated rings. The van der Waals surface area contributed by atoms with Crippen molar-refractivity contribution < 1.29 is 14.3 Å². The van der Waals surface area contributed by atoms with Crippen LogP contribution < -0.4 is 14.4 Å². The molecule has 1 heterocycles. The third-order valence-corrected chi connectivity index (χ3v) is 6.32. The number of carbonyl (C=O) groups excluding carboxylic acids is 1. The van der Waals surface area contributed by atoms with E-state index < -0.39 is 0 Å².